The molecule has 0 aliphatic rings. The number of aromatic nitrogens is 2. The topological polar surface area (TPSA) is 49.6 Å². The van der Waals surface area contributed by atoms with Crippen LogP contribution in [-0.2, 0) is 5.41 Å². The van der Waals surface area contributed by atoms with E-state index >= 15 is 0 Å². The fraction of sp³-hybridized carbons (Fsp3) is 0.267. The van der Waals surface area contributed by atoms with Crippen LogP contribution in [0.4, 0.5) is 0 Å². The number of hydrogen-bond acceptors (Lipinski definition) is 3. The van der Waals surface area contributed by atoms with Crippen molar-refractivity contribution < 1.29 is 0 Å². The minimum Gasteiger partial charge on any atom is -0.227 e. The zero-order valence-corrected chi connectivity index (χ0v) is 10.8. The van der Waals surface area contributed by atoms with Gasteiger partial charge in [0.15, 0.2) is 0 Å². The highest BCUT2D eigenvalue weighted by molar-refractivity contribution is 5.62. The van der Waals surface area contributed by atoms with Gasteiger partial charge in [0, 0.05) is 18.0 Å². The molecule has 0 spiro atoms. The standard InChI is InChI=1S/C15H15N3/c1-15(2,3)13-6-4-11(5-7-13)12-9-17-14(8-16)18-10-12/h4-7,9-10H,1-3H3. The summed E-state index contributed by atoms with van der Waals surface area (Å²) in [6.45, 7) is 6.56. The summed E-state index contributed by atoms with van der Waals surface area (Å²) in [6.07, 6.45) is 3.36. The molecule has 0 amide bonds. The minimum absolute atomic E-state index is 0.152. The molecule has 0 fully saturated rings. The molecular weight excluding hydrogens is 222 g/mol. The van der Waals surface area contributed by atoms with Gasteiger partial charge in [-0.15, -0.1) is 0 Å². The maximum Gasteiger partial charge on any atom is 0.232 e. The van der Waals surface area contributed by atoms with Crippen LogP contribution in [0.3, 0.4) is 0 Å². The van der Waals surface area contributed by atoms with E-state index in [1.807, 2.05) is 6.07 Å². The van der Waals surface area contributed by atoms with E-state index in [1.54, 1.807) is 12.4 Å². The van der Waals surface area contributed by atoms with Crippen molar-refractivity contribution in [1.82, 2.24) is 9.97 Å². The lowest BCUT2D eigenvalue weighted by molar-refractivity contribution is 0.590. The summed E-state index contributed by atoms with van der Waals surface area (Å²) in [5.74, 6) is 0.199. The van der Waals surface area contributed by atoms with Crippen LogP contribution in [0.2, 0.25) is 0 Å². The molecule has 2 rings (SSSR count). The predicted molar refractivity (Wildman–Crippen MR) is 70.9 cm³/mol. The van der Waals surface area contributed by atoms with Gasteiger partial charge in [-0.3, -0.25) is 0 Å². The van der Waals surface area contributed by atoms with Crippen LogP contribution >= 0.6 is 0 Å². The third kappa shape index (κ3) is 2.54. The molecule has 0 saturated heterocycles. The highest BCUT2D eigenvalue weighted by Crippen LogP contribution is 2.25. The number of benzene rings is 1. The second-order valence-electron chi connectivity index (χ2n) is 5.23. The maximum atomic E-state index is 8.65. The highest BCUT2D eigenvalue weighted by Gasteiger charge is 2.13. The molecule has 1 heterocycles. The molecule has 0 aliphatic heterocycles. The van der Waals surface area contributed by atoms with Crippen molar-refractivity contribution in [2.45, 2.75) is 26.2 Å². The van der Waals surface area contributed by atoms with Crippen LogP contribution in [0.15, 0.2) is 36.7 Å². The van der Waals surface area contributed by atoms with Gasteiger partial charge >= 0.3 is 0 Å². The summed E-state index contributed by atoms with van der Waals surface area (Å²) >= 11 is 0. The van der Waals surface area contributed by atoms with Crippen LogP contribution in [-0.4, -0.2) is 9.97 Å². The minimum atomic E-state index is 0.152. The van der Waals surface area contributed by atoms with Crippen molar-refractivity contribution in [1.29, 1.82) is 5.26 Å². The highest BCUT2D eigenvalue weighted by atomic mass is 14.9. The number of nitriles is 1. The van der Waals surface area contributed by atoms with E-state index in [2.05, 4.69) is 55.0 Å². The first-order valence-electron chi connectivity index (χ1n) is 5.84. The van der Waals surface area contributed by atoms with E-state index in [9.17, 15) is 0 Å². The summed E-state index contributed by atoms with van der Waals surface area (Å²) in [4.78, 5) is 7.95. The number of hydrogen-bond donors (Lipinski definition) is 0. The Hall–Kier alpha value is -2.21. The Bertz CT molecular complexity index is 569. The van der Waals surface area contributed by atoms with E-state index < -0.39 is 0 Å². The summed E-state index contributed by atoms with van der Waals surface area (Å²) in [5.41, 5.74) is 3.43. The monoisotopic (exact) mass is 237 g/mol. The molecule has 0 aliphatic carbocycles. The van der Waals surface area contributed by atoms with Crippen molar-refractivity contribution in [2.24, 2.45) is 0 Å². The summed E-state index contributed by atoms with van der Waals surface area (Å²) in [7, 11) is 0. The van der Waals surface area contributed by atoms with Crippen molar-refractivity contribution in [3.8, 4) is 17.2 Å². The first kappa shape index (κ1) is 12.3. The van der Waals surface area contributed by atoms with Crippen molar-refractivity contribution in [3.05, 3.63) is 48.0 Å². The summed E-state index contributed by atoms with van der Waals surface area (Å²) < 4.78 is 0. The fourth-order valence-electron chi connectivity index (χ4n) is 1.70. The molecule has 0 bridgehead atoms. The predicted octanol–water partition coefficient (Wildman–Crippen LogP) is 3.31. The second kappa shape index (κ2) is 4.58. The Morgan fingerprint density at radius 2 is 1.50 bits per heavy atom. The van der Waals surface area contributed by atoms with Gasteiger partial charge in [0.1, 0.15) is 6.07 Å². The lowest BCUT2D eigenvalue weighted by Crippen LogP contribution is -2.10. The second-order valence-corrected chi connectivity index (χ2v) is 5.23. The Balaban J connectivity index is 2.32. The smallest absolute Gasteiger partial charge is 0.227 e. The van der Waals surface area contributed by atoms with Gasteiger partial charge < -0.3 is 0 Å². The molecule has 0 N–H and O–H groups in total. The summed E-state index contributed by atoms with van der Waals surface area (Å²) in [6, 6.07) is 10.3. The van der Waals surface area contributed by atoms with Gasteiger partial charge in [0.05, 0.1) is 0 Å². The van der Waals surface area contributed by atoms with E-state index in [0.717, 1.165) is 11.1 Å². The fourth-order valence-corrected chi connectivity index (χ4v) is 1.70. The van der Waals surface area contributed by atoms with Crippen LogP contribution in [0.25, 0.3) is 11.1 Å². The Morgan fingerprint density at radius 1 is 0.944 bits per heavy atom. The van der Waals surface area contributed by atoms with Crippen LogP contribution in [0.1, 0.15) is 32.2 Å². The van der Waals surface area contributed by atoms with Gasteiger partial charge in [-0.25, -0.2) is 9.97 Å². The molecule has 18 heavy (non-hydrogen) atoms. The third-order valence-electron chi connectivity index (χ3n) is 2.84. The van der Waals surface area contributed by atoms with Crippen LogP contribution in [0, 0.1) is 11.3 Å². The normalized spacial score (nSPS) is 11.0. The molecule has 0 unspecified atom stereocenters. The van der Waals surface area contributed by atoms with Gasteiger partial charge in [-0.2, -0.15) is 5.26 Å². The quantitative estimate of drug-likeness (QED) is 0.764. The van der Waals surface area contributed by atoms with Crippen LogP contribution < -0.4 is 0 Å². The van der Waals surface area contributed by atoms with Gasteiger partial charge in [-0.1, -0.05) is 45.0 Å². The van der Waals surface area contributed by atoms with Gasteiger partial charge in [0.25, 0.3) is 0 Å². The van der Waals surface area contributed by atoms with Crippen LogP contribution in [0.5, 0.6) is 0 Å². The molecule has 0 radical (unpaired) electrons. The van der Waals surface area contributed by atoms with E-state index in [-0.39, 0.29) is 11.2 Å². The lowest BCUT2D eigenvalue weighted by Gasteiger charge is -2.19. The van der Waals surface area contributed by atoms with Gasteiger partial charge in [-0.05, 0) is 16.5 Å². The number of rotatable bonds is 1. The van der Waals surface area contributed by atoms with Gasteiger partial charge in [0.2, 0.25) is 5.82 Å². The SMILES string of the molecule is CC(C)(C)c1ccc(-c2cnc(C#N)nc2)cc1. The average Bonchev–Trinajstić information content (AvgIpc) is 2.38. The molecular formula is C15H15N3. The Morgan fingerprint density at radius 3 is 1.94 bits per heavy atom. The van der Waals surface area contributed by atoms with Crippen molar-refractivity contribution >= 4 is 0 Å². The molecule has 2 aromatic rings. The molecule has 0 atom stereocenters. The first-order chi connectivity index (χ1) is 8.50. The largest absolute Gasteiger partial charge is 0.232 e. The zero-order chi connectivity index (χ0) is 13.2. The van der Waals surface area contributed by atoms with E-state index in [4.69, 9.17) is 5.26 Å². The number of nitrogens with zero attached hydrogens (tertiary/aromatic N) is 3. The maximum absolute atomic E-state index is 8.65. The molecule has 3 nitrogen and oxygen atoms in total. The lowest BCUT2D eigenvalue weighted by atomic mass is 9.86. The third-order valence-corrected chi connectivity index (χ3v) is 2.84. The molecule has 3 heteroatoms. The van der Waals surface area contributed by atoms with Crippen molar-refractivity contribution in [2.75, 3.05) is 0 Å². The Kier molecular flexibility index (Phi) is 3.12. The molecule has 90 valence electrons. The molecule has 1 aromatic carbocycles. The first-order valence-corrected chi connectivity index (χ1v) is 5.84. The molecule has 1 aromatic heterocycles. The van der Waals surface area contributed by atoms with E-state index in [0.29, 0.717) is 0 Å². The van der Waals surface area contributed by atoms with E-state index in [1.165, 1.54) is 5.56 Å². The zero-order valence-electron chi connectivity index (χ0n) is 10.8. The van der Waals surface area contributed by atoms with Crippen molar-refractivity contribution in [3.63, 3.8) is 0 Å². The summed E-state index contributed by atoms with van der Waals surface area (Å²) in [5, 5.41) is 8.65. The Labute approximate surface area is 107 Å². The molecule has 0 saturated carbocycles. The average molecular weight is 237 g/mol.